The molecular formula is C11H13N3. The van der Waals surface area contributed by atoms with Crippen molar-refractivity contribution in [3.05, 3.63) is 35.4 Å². The first kappa shape index (κ1) is 10.3. The van der Waals surface area contributed by atoms with E-state index in [9.17, 15) is 0 Å². The summed E-state index contributed by atoms with van der Waals surface area (Å²) in [5, 5.41) is 11.8. The van der Waals surface area contributed by atoms with Crippen LogP contribution in [0.25, 0.3) is 6.08 Å². The number of hydrogen-bond acceptors (Lipinski definition) is 3. The summed E-state index contributed by atoms with van der Waals surface area (Å²) >= 11 is 0. The van der Waals surface area contributed by atoms with Gasteiger partial charge in [0, 0.05) is 12.2 Å². The highest BCUT2D eigenvalue weighted by Gasteiger charge is 1.97. The molecule has 72 valence electrons. The van der Waals surface area contributed by atoms with Gasteiger partial charge in [0.25, 0.3) is 0 Å². The molecule has 0 spiro atoms. The minimum Gasteiger partial charge on any atom is -0.399 e. The Morgan fingerprint density at radius 3 is 3.00 bits per heavy atom. The third-order valence-corrected chi connectivity index (χ3v) is 1.82. The van der Waals surface area contributed by atoms with Gasteiger partial charge in [0.05, 0.1) is 11.6 Å². The molecule has 0 aliphatic rings. The van der Waals surface area contributed by atoms with Crippen LogP contribution in [0.2, 0.25) is 0 Å². The van der Waals surface area contributed by atoms with Gasteiger partial charge in [-0.05, 0) is 30.8 Å². The van der Waals surface area contributed by atoms with Crippen molar-refractivity contribution in [2.24, 2.45) is 0 Å². The first-order chi connectivity index (χ1) is 6.77. The van der Waals surface area contributed by atoms with E-state index in [-0.39, 0.29) is 0 Å². The van der Waals surface area contributed by atoms with Crippen molar-refractivity contribution in [1.82, 2.24) is 5.32 Å². The zero-order valence-corrected chi connectivity index (χ0v) is 8.12. The van der Waals surface area contributed by atoms with E-state index in [0.29, 0.717) is 11.3 Å². The molecule has 14 heavy (non-hydrogen) atoms. The SMILES string of the molecule is CNCC=Cc1cc(N)ccc1C#N. The van der Waals surface area contributed by atoms with Crippen molar-refractivity contribution in [2.45, 2.75) is 0 Å². The molecule has 0 amide bonds. The minimum atomic E-state index is 0.645. The number of benzene rings is 1. The van der Waals surface area contributed by atoms with Gasteiger partial charge in [-0.25, -0.2) is 0 Å². The van der Waals surface area contributed by atoms with E-state index in [1.807, 2.05) is 19.2 Å². The predicted octanol–water partition coefficient (Wildman–Crippen LogP) is 1.37. The maximum Gasteiger partial charge on any atom is 0.0997 e. The lowest BCUT2D eigenvalue weighted by atomic mass is 10.1. The molecule has 3 heteroatoms. The van der Waals surface area contributed by atoms with Crippen molar-refractivity contribution in [1.29, 1.82) is 5.26 Å². The average Bonchev–Trinajstić information content (AvgIpc) is 2.19. The summed E-state index contributed by atoms with van der Waals surface area (Å²) in [5.74, 6) is 0. The second-order valence-corrected chi connectivity index (χ2v) is 2.92. The summed E-state index contributed by atoms with van der Waals surface area (Å²) in [5.41, 5.74) is 7.81. The maximum absolute atomic E-state index is 8.83. The fraction of sp³-hybridized carbons (Fsp3) is 0.182. The normalized spacial score (nSPS) is 10.3. The van der Waals surface area contributed by atoms with Crippen LogP contribution in [0.3, 0.4) is 0 Å². The van der Waals surface area contributed by atoms with Gasteiger partial charge in [-0.3, -0.25) is 0 Å². The van der Waals surface area contributed by atoms with Crippen LogP contribution in [0.15, 0.2) is 24.3 Å². The molecule has 0 saturated heterocycles. The van der Waals surface area contributed by atoms with Crippen LogP contribution in [-0.2, 0) is 0 Å². The van der Waals surface area contributed by atoms with Gasteiger partial charge in [-0.2, -0.15) is 5.26 Å². The highest BCUT2D eigenvalue weighted by atomic mass is 14.8. The average molecular weight is 187 g/mol. The fourth-order valence-corrected chi connectivity index (χ4v) is 1.12. The summed E-state index contributed by atoms with van der Waals surface area (Å²) in [6.07, 6.45) is 3.85. The van der Waals surface area contributed by atoms with E-state index in [2.05, 4.69) is 11.4 Å². The second-order valence-electron chi connectivity index (χ2n) is 2.92. The van der Waals surface area contributed by atoms with Gasteiger partial charge in [-0.15, -0.1) is 0 Å². The number of hydrogen-bond donors (Lipinski definition) is 2. The number of rotatable bonds is 3. The standard InChI is InChI=1S/C11H13N3/c1-14-6-2-3-9-7-11(13)5-4-10(9)8-12/h2-5,7,14H,6,13H2,1H3. The predicted molar refractivity (Wildman–Crippen MR) is 58.5 cm³/mol. The Morgan fingerprint density at radius 1 is 1.57 bits per heavy atom. The second kappa shape index (κ2) is 5.05. The summed E-state index contributed by atoms with van der Waals surface area (Å²) in [6.45, 7) is 0.777. The zero-order valence-electron chi connectivity index (χ0n) is 8.12. The molecular weight excluding hydrogens is 174 g/mol. The Hall–Kier alpha value is -1.79. The van der Waals surface area contributed by atoms with E-state index in [0.717, 1.165) is 12.1 Å². The molecule has 0 aliphatic carbocycles. The monoisotopic (exact) mass is 187 g/mol. The topological polar surface area (TPSA) is 61.8 Å². The molecule has 1 rings (SSSR count). The Morgan fingerprint density at radius 2 is 2.36 bits per heavy atom. The molecule has 1 aromatic rings. The lowest BCUT2D eigenvalue weighted by molar-refractivity contribution is 0.922. The maximum atomic E-state index is 8.83. The van der Waals surface area contributed by atoms with Gasteiger partial charge in [0.15, 0.2) is 0 Å². The molecule has 0 aromatic heterocycles. The number of nitriles is 1. The zero-order chi connectivity index (χ0) is 10.4. The van der Waals surface area contributed by atoms with Crippen molar-refractivity contribution >= 4 is 11.8 Å². The number of anilines is 1. The van der Waals surface area contributed by atoms with E-state index in [1.165, 1.54) is 0 Å². The molecule has 0 unspecified atom stereocenters. The van der Waals surface area contributed by atoms with Gasteiger partial charge < -0.3 is 11.1 Å². The third-order valence-electron chi connectivity index (χ3n) is 1.82. The van der Waals surface area contributed by atoms with Crippen LogP contribution in [0.1, 0.15) is 11.1 Å². The molecule has 3 N–H and O–H groups in total. The first-order valence-corrected chi connectivity index (χ1v) is 4.38. The van der Waals surface area contributed by atoms with Crippen LogP contribution < -0.4 is 11.1 Å². The number of likely N-dealkylation sites (N-methyl/N-ethyl adjacent to an activating group) is 1. The number of nitrogens with zero attached hydrogens (tertiary/aromatic N) is 1. The fourth-order valence-electron chi connectivity index (χ4n) is 1.12. The van der Waals surface area contributed by atoms with Crippen LogP contribution in [0.5, 0.6) is 0 Å². The van der Waals surface area contributed by atoms with Gasteiger partial charge >= 0.3 is 0 Å². The smallest absolute Gasteiger partial charge is 0.0997 e. The third kappa shape index (κ3) is 2.61. The quantitative estimate of drug-likeness (QED) is 0.702. The number of nitrogens with one attached hydrogen (secondary N) is 1. The number of nitrogen functional groups attached to an aromatic ring is 1. The Kier molecular flexibility index (Phi) is 3.71. The Labute approximate surface area is 83.8 Å². The van der Waals surface area contributed by atoms with Crippen LogP contribution in [-0.4, -0.2) is 13.6 Å². The van der Waals surface area contributed by atoms with Crippen molar-refractivity contribution < 1.29 is 0 Å². The van der Waals surface area contributed by atoms with Gasteiger partial charge in [0.2, 0.25) is 0 Å². The van der Waals surface area contributed by atoms with Gasteiger partial charge in [-0.1, -0.05) is 12.2 Å². The van der Waals surface area contributed by atoms with E-state index < -0.39 is 0 Å². The molecule has 1 aromatic carbocycles. The first-order valence-electron chi connectivity index (χ1n) is 4.38. The Bertz CT molecular complexity index is 375. The molecule has 0 aliphatic heterocycles. The molecule has 0 saturated carbocycles. The summed E-state index contributed by atoms with van der Waals surface area (Å²) < 4.78 is 0. The lowest BCUT2D eigenvalue weighted by Gasteiger charge is -1.99. The summed E-state index contributed by atoms with van der Waals surface area (Å²) in [4.78, 5) is 0. The van der Waals surface area contributed by atoms with Crippen LogP contribution in [0.4, 0.5) is 5.69 Å². The molecule has 0 atom stereocenters. The van der Waals surface area contributed by atoms with E-state index in [1.54, 1.807) is 18.2 Å². The highest BCUT2D eigenvalue weighted by molar-refractivity contribution is 5.62. The van der Waals surface area contributed by atoms with E-state index >= 15 is 0 Å². The largest absolute Gasteiger partial charge is 0.399 e. The molecule has 0 fully saturated rings. The molecule has 0 radical (unpaired) electrons. The van der Waals surface area contributed by atoms with Crippen molar-refractivity contribution in [3.8, 4) is 6.07 Å². The highest BCUT2D eigenvalue weighted by Crippen LogP contribution is 2.14. The van der Waals surface area contributed by atoms with E-state index in [4.69, 9.17) is 11.0 Å². The number of nitrogens with two attached hydrogens (primary N) is 1. The minimum absolute atomic E-state index is 0.645. The Balaban J connectivity index is 2.94. The van der Waals surface area contributed by atoms with Crippen LogP contribution in [0, 0.1) is 11.3 Å². The molecule has 0 heterocycles. The summed E-state index contributed by atoms with van der Waals surface area (Å²) in [6, 6.07) is 7.38. The van der Waals surface area contributed by atoms with Crippen molar-refractivity contribution in [2.75, 3.05) is 19.3 Å². The van der Waals surface area contributed by atoms with Gasteiger partial charge in [0.1, 0.15) is 0 Å². The lowest BCUT2D eigenvalue weighted by Crippen LogP contribution is -2.03. The van der Waals surface area contributed by atoms with Crippen molar-refractivity contribution in [3.63, 3.8) is 0 Å². The molecule has 0 bridgehead atoms. The molecule has 3 nitrogen and oxygen atoms in total. The van der Waals surface area contributed by atoms with Crippen LogP contribution >= 0.6 is 0 Å². The summed E-state index contributed by atoms with van der Waals surface area (Å²) in [7, 11) is 1.87.